The molecule has 0 saturated heterocycles. The van der Waals surface area contributed by atoms with E-state index in [9.17, 15) is 0 Å². The monoisotopic (exact) mass is 498 g/mol. The third kappa shape index (κ3) is 5.24. The van der Waals surface area contributed by atoms with Crippen LogP contribution in [0.25, 0.3) is 11.0 Å². The van der Waals surface area contributed by atoms with Crippen LogP contribution in [0.5, 0.6) is 11.5 Å². The Hall–Kier alpha value is -3.36. The minimum atomic E-state index is 0.106. The normalized spacial score (nSPS) is 10.9. The van der Waals surface area contributed by atoms with E-state index in [2.05, 4.69) is 19.9 Å². The molecule has 0 N–H and O–H groups in total. The fourth-order valence-electron chi connectivity index (χ4n) is 3.62. The van der Waals surface area contributed by atoms with E-state index in [1.165, 1.54) is 0 Å². The number of ether oxygens (including phenoxy) is 2. The van der Waals surface area contributed by atoms with E-state index in [0.717, 1.165) is 22.6 Å². The maximum absolute atomic E-state index is 6.33. The van der Waals surface area contributed by atoms with Crippen molar-refractivity contribution in [1.82, 2.24) is 19.9 Å². The summed E-state index contributed by atoms with van der Waals surface area (Å²) in [4.78, 5) is 21.7. The molecule has 0 aliphatic carbocycles. The number of hydrogen-bond donors (Lipinski definition) is 0. The number of methoxy groups -OCH3 is 2. The molecule has 8 nitrogen and oxygen atoms in total. The van der Waals surface area contributed by atoms with Crippen molar-refractivity contribution >= 4 is 45.9 Å². The highest BCUT2D eigenvalue weighted by Gasteiger charge is 2.20. The number of fused-ring (bicyclic) bond motifs is 1. The van der Waals surface area contributed by atoms with Crippen LogP contribution < -0.4 is 19.3 Å². The fourth-order valence-corrected chi connectivity index (χ4v) is 3.95. The molecule has 0 aliphatic heterocycles. The third-order valence-electron chi connectivity index (χ3n) is 5.33. The van der Waals surface area contributed by atoms with Crippen LogP contribution in [0.15, 0.2) is 48.5 Å². The lowest BCUT2D eigenvalue weighted by atomic mass is 10.2. The standard InChI is InChI=1S/C24H24Cl2N6O2/c1-31(13-15-5-9-17(33-3)10-6-15)21-19-20(28-23(25)29-21)22(30-24(26)27-19)32(2)14-16-7-11-18(34-4)12-8-16/h5-12H,13-14H2,1-4H3. The molecule has 2 aromatic carbocycles. The molecule has 34 heavy (non-hydrogen) atoms. The Labute approximate surface area is 208 Å². The van der Waals surface area contributed by atoms with Crippen LogP contribution in [0.2, 0.25) is 10.6 Å². The van der Waals surface area contributed by atoms with E-state index in [-0.39, 0.29) is 10.6 Å². The number of anilines is 2. The van der Waals surface area contributed by atoms with Crippen LogP contribution in [0.3, 0.4) is 0 Å². The molecule has 4 rings (SSSR count). The van der Waals surface area contributed by atoms with Crippen LogP contribution in [0.1, 0.15) is 11.1 Å². The molecule has 0 bridgehead atoms. The van der Waals surface area contributed by atoms with Gasteiger partial charge in [0.25, 0.3) is 0 Å². The maximum Gasteiger partial charge on any atom is 0.225 e. The Morgan fingerprint density at radius 1 is 0.618 bits per heavy atom. The van der Waals surface area contributed by atoms with Crippen molar-refractivity contribution in [3.8, 4) is 11.5 Å². The number of rotatable bonds is 8. The van der Waals surface area contributed by atoms with Crippen molar-refractivity contribution in [1.29, 1.82) is 0 Å². The summed E-state index contributed by atoms with van der Waals surface area (Å²) in [6, 6.07) is 15.7. The van der Waals surface area contributed by atoms with Gasteiger partial charge < -0.3 is 19.3 Å². The Bertz CT molecular complexity index is 1180. The summed E-state index contributed by atoms with van der Waals surface area (Å²) < 4.78 is 10.5. The van der Waals surface area contributed by atoms with Gasteiger partial charge in [0.15, 0.2) is 11.6 Å². The molecule has 4 aromatic rings. The van der Waals surface area contributed by atoms with Crippen LogP contribution in [0.4, 0.5) is 11.6 Å². The van der Waals surface area contributed by atoms with Gasteiger partial charge in [0, 0.05) is 27.2 Å². The zero-order chi connectivity index (χ0) is 24.2. The largest absolute Gasteiger partial charge is 0.497 e. The van der Waals surface area contributed by atoms with Crippen molar-refractivity contribution in [3.05, 3.63) is 70.2 Å². The average Bonchev–Trinajstić information content (AvgIpc) is 2.84. The lowest BCUT2D eigenvalue weighted by molar-refractivity contribution is 0.414. The zero-order valence-electron chi connectivity index (χ0n) is 19.3. The van der Waals surface area contributed by atoms with E-state index >= 15 is 0 Å². The SMILES string of the molecule is COc1ccc(CN(C)c2nc(Cl)nc3c(N(C)Cc4ccc(OC)cc4)nc(Cl)nc23)cc1. The molecule has 0 unspecified atom stereocenters. The van der Waals surface area contributed by atoms with E-state index in [4.69, 9.17) is 32.7 Å². The van der Waals surface area contributed by atoms with Gasteiger partial charge in [-0.3, -0.25) is 0 Å². The second kappa shape index (κ2) is 10.3. The summed E-state index contributed by atoms with van der Waals surface area (Å²) in [7, 11) is 7.11. The highest BCUT2D eigenvalue weighted by Crippen LogP contribution is 2.31. The minimum absolute atomic E-state index is 0.106. The Morgan fingerprint density at radius 3 is 1.29 bits per heavy atom. The fraction of sp³-hybridized carbons (Fsp3) is 0.250. The van der Waals surface area contributed by atoms with Crippen molar-refractivity contribution < 1.29 is 9.47 Å². The molecule has 0 aliphatic rings. The van der Waals surface area contributed by atoms with Crippen LogP contribution in [-0.4, -0.2) is 48.3 Å². The maximum atomic E-state index is 6.33. The first kappa shape index (κ1) is 23.8. The minimum Gasteiger partial charge on any atom is -0.497 e. The summed E-state index contributed by atoms with van der Waals surface area (Å²) in [6.07, 6.45) is 0. The smallest absolute Gasteiger partial charge is 0.225 e. The lowest BCUT2D eigenvalue weighted by Gasteiger charge is -2.23. The number of hydrogen-bond acceptors (Lipinski definition) is 8. The second-order valence-electron chi connectivity index (χ2n) is 7.74. The summed E-state index contributed by atoms with van der Waals surface area (Å²) >= 11 is 12.7. The average molecular weight is 499 g/mol. The quantitative estimate of drug-likeness (QED) is 0.313. The Morgan fingerprint density at radius 2 is 0.971 bits per heavy atom. The number of nitrogens with zero attached hydrogens (tertiary/aromatic N) is 6. The molecule has 0 spiro atoms. The summed E-state index contributed by atoms with van der Waals surface area (Å²) in [6.45, 7) is 1.15. The van der Waals surface area contributed by atoms with Gasteiger partial charge in [-0.05, 0) is 58.6 Å². The predicted octanol–water partition coefficient (Wildman–Crippen LogP) is 5.02. The highest BCUT2D eigenvalue weighted by molar-refractivity contribution is 6.30. The van der Waals surface area contributed by atoms with E-state index < -0.39 is 0 Å². The number of benzene rings is 2. The molecule has 0 fully saturated rings. The summed E-state index contributed by atoms with van der Waals surface area (Å²) in [5.41, 5.74) is 3.19. The molecule has 2 heterocycles. The van der Waals surface area contributed by atoms with Crippen molar-refractivity contribution in [2.75, 3.05) is 38.1 Å². The first-order chi connectivity index (χ1) is 16.4. The van der Waals surface area contributed by atoms with Gasteiger partial charge in [-0.2, -0.15) is 9.97 Å². The second-order valence-corrected chi connectivity index (χ2v) is 8.41. The Kier molecular flexibility index (Phi) is 7.19. The molecule has 0 amide bonds. The first-order valence-corrected chi connectivity index (χ1v) is 11.2. The molecule has 2 aromatic heterocycles. The van der Waals surface area contributed by atoms with Gasteiger partial charge >= 0.3 is 0 Å². The van der Waals surface area contributed by atoms with Crippen LogP contribution in [0, 0.1) is 0 Å². The molecule has 0 saturated carbocycles. The van der Waals surface area contributed by atoms with Gasteiger partial charge in [-0.15, -0.1) is 0 Å². The summed E-state index contributed by atoms with van der Waals surface area (Å²) in [5.74, 6) is 2.72. The van der Waals surface area contributed by atoms with Gasteiger partial charge in [0.05, 0.1) is 14.2 Å². The number of halogens is 2. The van der Waals surface area contributed by atoms with Crippen LogP contribution in [-0.2, 0) is 13.1 Å². The number of aromatic nitrogens is 4. The van der Waals surface area contributed by atoms with Crippen molar-refractivity contribution in [2.24, 2.45) is 0 Å². The van der Waals surface area contributed by atoms with Crippen molar-refractivity contribution in [2.45, 2.75) is 13.1 Å². The van der Waals surface area contributed by atoms with E-state index in [0.29, 0.717) is 35.8 Å². The highest BCUT2D eigenvalue weighted by atomic mass is 35.5. The molecular weight excluding hydrogens is 475 g/mol. The third-order valence-corrected chi connectivity index (χ3v) is 5.67. The van der Waals surface area contributed by atoms with Gasteiger partial charge in [-0.1, -0.05) is 24.3 Å². The van der Waals surface area contributed by atoms with E-state index in [1.54, 1.807) is 14.2 Å². The lowest BCUT2D eigenvalue weighted by Crippen LogP contribution is -2.21. The first-order valence-electron chi connectivity index (χ1n) is 10.5. The van der Waals surface area contributed by atoms with Gasteiger partial charge in [0.1, 0.15) is 22.5 Å². The Balaban J connectivity index is 1.68. The molecule has 0 atom stereocenters. The van der Waals surface area contributed by atoms with E-state index in [1.807, 2.05) is 72.4 Å². The predicted molar refractivity (Wildman–Crippen MR) is 135 cm³/mol. The van der Waals surface area contributed by atoms with Crippen molar-refractivity contribution in [3.63, 3.8) is 0 Å². The molecule has 0 radical (unpaired) electrons. The topological polar surface area (TPSA) is 76.5 Å². The molecular formula is C24H24Cl2N6O2. The zero-order valence-corrected chi connectivity index (χ0v) is 20.8. The molecule has 10 heteroatoms. The van der Waals surface area contributed by atoms with Gasteiger partial charge in [0.2, 0.25) is 10.6 Å². The summed E-state index contributed by atoms with van der Waals surface area (Å²) in [5, 5.41) is 0.211. The molecule has 176 valence electrons. The van der Waals surface area contributed by atoms with Crippen LogP contribution >= 0.6 is 23.2 Å². The van der Waals surface area contributed by atoms with Gasteiger partial charge in [-0.25, -0.2) is 9.97 Å².